The predicted molar refractivity (Wildman–Crippen MR) is 87.6 cm³/mol. The van der Waals surface area contributed by atoms with Crippen molar-refractivity contribution in [3.63, 3.8) is 0 Å². The molecule has 2 atom stereocenters. The van der Waals surface area contributed by atoms with Gasteiger partial charge >= 0.3 is 0 Å². The summed E-state index contributed by atoms with van der Waals surface area (Å²) in [5.74, 6) is -0.843. The molecule has 2 rings (SSSR count). The number of hydrogen-bond donors (Lipinski definition) is 1. The van der Waals surface area contributed by atoms with Gasteiger partial charge < -0.3 is 5.32 Å². The van der Waals surface area contributed by atoms with Crippen LogP contribution in [0.3, 0.4) is 0 Å². The van der Waals surface area contributed by atoms with E-state index in [0.717, 1.165) is 12.8 Å². The van der Waals surface area contributed by atoms with Crippen molar-refractivity contribution < 1.29 is 13.2 Å². The maximum Gasteiger partial charge on any atom is 0.224 e. The number of nitriles is 1. The van der Waals surface area contributed by atoms with Crippen LogP contribution in [0.25, 0.3) is 0 Å². The minimum Gasteiger partial charge on any atom is -0.343 e. The summed E-state index contributed by atoms with van der Waals surface area (Å²) in [6.45, 7) is -0.0496. The third kappa shape index (κ3) is 4.69. The third-order valence-corrected chi connectivity index (χ3v) is 6.30. The van der Waals surface area contributed by atoms with Crippen LogP contribution in [0.5, 0.6) is 0 Å². The normalized spacial score (nSPS) is 21.4. The Bertz CT molecular complexity index is 695. The molecule has 1 aliphatic carbocycles. The van der Waals surface area contributed by atoms with Gasteiger partial charge in [-0.3, -0.25) is 4.79 Å². The molecule has 7 heteroatoms. The highest BCUT2D eigenvalue weighted by Crippen LogP contribution is 2.32. The van der Waals surface area contributed by atoms with Crippen molar-refractivity contribution in [1.29, 1.82) is 5.26 Å². The monoisotopic (exact) mass is 354 g/mol. The molecule has 1 fully saturated rings. The van der Waals surface area contributed by atoms with Crippen LogP contribution in [0.2, 0.25) is 5.02 Å². The van der Waals surface area contributed by atoms with Crippen LogP contribution in [0.4, 0.5) is 0 Å². The van der Waals surface area contributed by atoms with Crippen LogP contribution in [-0.2, 0) is 14.6 Å². The van der Waals surface area contributed by atoms with Crippen molar-refractivity contribution in [2.75, 3.05) is 12.3 Å². The van der Waals surface area contributed by atoms with Crippen molar-refractivity contribution in [2.24, 2.45) is 11.8 Å². The van der Waals surface area contributed by atoms with E-state index >= 15 is 0 Å². The summed E-state index contributed by atoms with van der Waals surface area (Å²) in [5, 5.41) is 11.6. The fourth-order valence-corrected chi connectivity index (χ4v) is 4.86. The van der Waals surface area contributed by atoms with Crippen LogP contribution < -0.4 is 5.32 Å². The maximum absolute atomic E-state index is 12.6. The number of amides is 1. The van der Waals surface area contributed by atoms with Gasteiger partial charge in [0.05, 0.1) is 16.7 Å². The second-order valence-corrected chi connectivity index (χ2v) is 8.23. The summed E-state index contributed by atoms with van der Waals surface area (Å²) in [4.78, 5) is 12.4. The van der Waals surface area contributed by atoms with Gasteiger partial charge in [0.2, 0.25) is 5.91 Å². The van der Waals surface area contributed by atoms with E-state index in [9.17, 15) is 13.2 Å². The smallest absolute Gasteiger partial charge is 0.224 e. The largest absolute Gasteiger partial charge is 0.343 e. The Morgan fingerprint density at radius 3 is 2.57 bits per heavy atom. The molecule has 0 saturated heterocycles. The Balaban J connectivity index is 2.13. The van der Waals surface area contributed by atoms with Crippen LogP contribution in [0.1, 0.15) is 25.7 Å². The predicted octanol–water partition coefficient (Wildman–Crippen LogP) is 2.56. The summed E-state index contributed by atoms with van der Waals surface area (Å²) >= 11 is 5.79. The molecule has 1 N–H and O–H groups in total. The van der Waals surface area contributed by atoms with Crippen molar-refractivity contribution in [2.45, 2.75) is 30.6 Å². The van der Waals surface area contributed by atoms with Gasteiger partial charge in [-0.2, -0.15) is 5.26 Å². The first kappa shape index (κ1) is 17.8. The van der Waals surface area contributed by atoms with Crippen LogP contribution in [-0.4, -0.2) is 26.6 Å². The van der Waals surface area contributed by atoms with E-state index in [1.807, 2.05) is 6.07 Å². The number of carbonyl (C=O) groups excluding carboxylic acids is 1. The number of carbonyl (C=O) groups is 1. The Labute approximate surface area is 141 Å². The third-order valence-electron chi connectivity index (χ3n) is 4.19. The van der Waals surface area contributed by atoms with Gasteiger partial charge in [0.15, 0.2) is 9.84 Å². The number of halogens is 1. The first-order valence-electron chi connectivity index (χ1n) is 7.57. The van der Waals surface area contributed by atoms with Gasteiger partial charge in [-0.15, -0.1) is 0 Å². The number of nitrogens with zero attached hydrogens (tertiary/aromatic N) is 1. The lowest BCUT2D eigenvalue weighted by atomic mass is 9.80. The standard InChI is InChI=1S/C16H19ClN2O3S/c17-13-5-7-14(8-6-13)23(21,22)11-12-3-1-2-4-15(12)16(20)19-10-9-18/h5-8,12,15H,1-4,10-11H2,(H,19,20)/t12-,15+/m1/s1. The van der Waals surface area contributed by atoms with Crippen molar-refractivity contribution in [3.05, 3.63) is 29.3 Å². The fraction of sp³-hybridized carbons (Fsp3) is 0.500. The van der Waals surface area contributed by atoms with Crippen molar-refractivity contribution in [1.82, 2.24) is 5.32 Å². The second kappa shape index (κ2) is 7.80. The maximum atomic E-state index is 12.6. The van der Waals surface area contributed by atoms with Gasteiger partial charge in [0.25, 0.3) is 0 Å². The molecule has 0 bridgehead atoms. The summed E-state index contributed by atoms with van der Waals surface area (Å²) in [7, 11) is -3.47. The Kier molecular flexibility index (Phi) is 6.03. The van der Waals surface area contributed by atoms with E-state index in [0.29, 0.717) is 17.9 Å². The van der Waals surface area contributed by atoms with Gasteiger partial charge in [-0.05, 0) is 43.0 Å². The quantitative estimate of drug-likeness (QED) is 0.823. The van der Waals surface area contributed by atoms with Gasteiger partial charge in [0, 0.05) is 10.9 Å². The molecule has 0 heterocycles. The van der Waals surface area contributed by atoms with E-state index in [-0.39, 0.29) is 34.9 Å². The zero-order chi connectivity index (χ0) is 16.9. The van der Waals surface area contributed by atoms with Crippen LogP contribution >= 0.6 is 11.6 Å². The lowest BCUT2D eigenvalue weighted by molar-refractivity contribution is -0.127. The molecule has 1 amide bonds. The lowest BCUT2D eigenvalue weighted by Crippen LogP contribution is -2.39. The lowest BCUT2D eigenvalue weighted by Gasteiger charge is -2.30. The minimum absolute atomic E-state index is 0.0496. The highest BCUT2D eigenvalue weighted by atomic mass is 35.5. The van der Waals surface area contributed by atoms with E-state index in [1.165, 1.54) is 12.1 Å². The Hall–Kier alpha value is -1.58. The second-order valence-electron chi connectivity index (χ2n) is 5.76. The molecule has 0 aromatic heterocycles. The molecule has 1 aromatic carbocycles. The highest BCUT2D eigenvalue weighted by molar-refractivity contribution is 7.91. The molecule has 0 spiro atoms. The van der Waals surface area contributed by atoms with E-state index in [2.05, 4.69) is 5.32 Å². The van der Waals surface area contributed by atoms with Crippen molar-refractivity contribution >= 4 is 27.3 Å². The number of rotatable bonds is 5. The molecule has 23 heavy (non-hydrogen) atoms. The van der Waals surface area contributed by atoms with Crippen LogP contribution in [0, 0.1) is 23.2 Å². The zero-order valence-electron chi connectivity index (χ0n) is 12.7. The average Bonchev–Trinajstić information content (AvgIpc) is 2.53. The molecule has 5 nitrogen and oxygen atoms in total. The van der Waals surface area contributed by atoms with Gasteiger partial charge in [-0.1, -0.05) is 24.4 Å². The molecule has 1 aliphatic rings. The topological polar surface area (TPSA) is 87.0 Å². The minimum atomic E-state index is -3.47. The molecular weight excluding hydrogens is 336 g/mol. The number of sulfone groups is 1. The number of benzene rings is 1. The van der Waals surface area contributed by atoms with Crippen LogP contribution in [0.15, 0.2) is 29.2 Å². The molecule has 0 aliphatic heterocycles. The number of hydrogen-bond acceptors (Lipinski definition) is 4. The highest BCUT2D eigenvalue weighted by Gasteiger charge is 2.34. The fourth-order valence-electron chi connectivity index (χ4n) is 3.03. The Morgan fingerprint density at radius 1 is 1.26 bits per heavy atom. The van der Waals surface area contributed by atoms with Gasteiger partial charge in [0.1, 0.15) is 6.54 Å². The molecule has 0 radical (unpaired) electrons. The molecule has 1 saturated carbocycles. The summed E-state index contributed by atoms with van der Waals surface area (Å²) < 4.78 is 25.1. The molecule has 1 aromatic rings. The summed E-state index contributed by atoms with van der Waals surface area (Å²) in [6.07, 6.45) is 3.19. The van der Waals surface area contributed by atoms with E-state index in [4.69, 9.17) is 16.9 Å². The zero-order valence-corrected chi connectivity index (χ0v) is 14.2. The van der Waals surface area contributed by atoms with E-state index in [1.54, 1.807) is 12.1 Å². The first-order valence-corrected chi connectivity index (χ1v) is 9.60. The SMILES string of the molecule is N#CCNC(=O)[C@H]1CCCC[C@@H]1CS(=O)(=O)c1ccc(Cl)cc1. The summed E-state index contributed by atoms with van der Waals surface area (Å²) in [5.41, 5.74) is 0. The molecular formula is C16H19ClN2O3S. The summed E-state index contributed by atoms with van der Waals surface area (Å²) in [6, 6.07) is 7.95. The Morgan fingerprint density at radius 2 is 1.91 bits per heavy atom. The van der Waals surface area contributed by atoms with E-state index < -0.39 is 9.84 Å². The van der Waals surface area contributed by atoms with Crippen molar-refractivity contribution in [3.8, 4) is 6.07 Å². The number of nitrogens with one attached hydrogen (secondary N) is 1. The molecule has 124 valence electrons. The first-order chi connectivity index (χ1) is 10.9. The average molecular weight is 355 g/mol. The molecule has 0 unspecified atom stereocenters. The van der Waals surface area contributed by atoms with Gasteiger partial charge in [-0.25, -0.2) is 8.42 Å².